The van der Waals surface area contributed by atoms with Gasteiger partial charge in [-0.25, -0.2) is 15.0 Å². The number of hydrogen-bond donors (Lipinski definition) is 2. The fraction of sp³-hybridized carbons (Fsp3) is 0.294. The van der Waals surface area contributed by atoms with Crippen LogP contribution < -0.4 is 10.2 Å². The van der Waals surface area contributed by atoms with Gasteiger partial charge in [0.1, 0.15) is 10.5 Å². The molecule has 13 heteroatoms. The van der Waals surface area contributed by atoms with E-state index in [9.17, 15) is 9.59 Å². The number of piperazine rings is 1. The number of anilines is 1. The van der Waals surface area contributed by atoms with E-state index in [1.165, 1.54) is 11.3 Å². The van der Waals surface area contributed by atoms with Crippen molar-refractivity contribution >= 4 is 60.6 Å². The monoisotopic (exact) mass is 663 g/mol. The van der Waals surface area contributed by atoms with E-state index in [-0.39, 0.29) is 17.9 Å². The van der Waals surface area contributed by atoms with Gasteiger partial charge in [-0.3, -0.25) is 19.6 Å². The van der Waals surface area contributed by atoms with Gasteiger partial charge in [0, 0.05) is 79.9 Å². The summed E-state index contributed by atoms with van der Waals surface area (Å²) >= 11 is 3.08. The Morgan fingerprint density at radius 3 is 2.55 bits per heavy atom. The number of rotatable bonds is 7. The van der Waals surface area contributed by atoms with Gasteiger partial charge in [0.25, 0.3) is 5.91 Å². The average molecular weight is 664 g/mol. The number of aromatic amines is 1. The zero-order valence-electron chi connectivity index (χ0n) is 25.8. The lowest BCUT2D eigenvalue weighted by atomic mass is 10.1. The lowest BCUT2D eigenvalue weighted by molar-refractivity contribution is -0.132. The second kappa shape index (κ2) is 12.5. The Labute approximate surface area is 279 Å². The van der Waals surface area contributed by atoms with Gasteiger partial charge in [0.2, 0.25) is 5.91 Å². The van der Waals surface area contributed by atoms with E-state index >= 15 is 0 Å². The normalized spacial score (nSPS) is 17.2. The van der Waals surface area contributed by atoms with Gasteiger partial charge < -0.3 is 15.1 Å². The molecule has 11 nitrogen and oxygen atoms in total. The van der Waals surface area contributed by atoms with Crippen molar-refractivity contribution in [3.8, 4) is 22.6 Å². The fourth-order valence-electron chi connectivity index (χ4n) is 6.46. The summed E-state index contributed by atoms with van der Waals surface area (Å²) in [4.78, 5) is 47.6. The molecule has 2 aliphatic heterocycles. The van der Waals surface area contributed by atoms with Crippen molar-refractivity contribution in [1.29, 1.82) is 0 Å². The zero-order chi connectivity index (χ0) is 31.9. The first-order chi connectivity index (χ1) is 23.0. The van der Waals surface area contributed by atoms with Crippen LogP contribution in [0.15, 0.2) is 67.0 Å². The molecule has 0 aliphatic carbocycles. The molecule has 0 unspecified atom stereocenters. The summed E-state index contributed by atoms with van der Waals surface area (Å²) in [5.74, 6) is 0.774. The van der Waals surface area contributed by atoms with E-state index in [1.807, 2.05) is 48.2 Å². The van der Waals surface area contributed by atoms with Gasteiger partial charge in [0.15, 0.2) is 5.82 Å². The molecule has 2 saturated heterocycles. The third-order valence-corrected chi connectivity index (χ3v) is 10.9. The van der Waals surface area contributed by atoms with E-state index in [0.717, 1.165) is 74.0 Å². The number of nitrogens with one attached hydrogen (secondary N) is 2. The topological polar surface area (TPSA) is 123 Å². The van der Waals surface area contributed by atoms with Gasteiger partial charge in [-0.15, -0.1) is 22.7 Å². The number of aromatic nitrogens is 5. The minimum Gasteiger partial charge on any atom is -0.368 e. The molecule has 238 valence electrons. The van der Waals surface area contributed by atoms with Gasteiger partial charge >= 0.3 is 0 Å². The summed E-state index contributed by atoms with van der Waals surface area (Å²) in [6.45, 7) is 6.79. The summed E-state index contributed by atoms with van der Waals surface area (Å²) in [6, 6.07) is 18.2. The highest BCUT2D eigenvalue weighted by Crippen LogP contribution is 2.34. The Bertz CT molecular complexity index is 2060. The summed E-state index contributed by atoms with van der Waals surface area (Å²) in [6.07, 6.45) is 4.31. The summed E-state index contributed by atoms with van der Waals surface area (Å²) < 4.78 is 1.12. The highest BCUT2D eigenvalue weighted by molar-refractivity contribution is 7.20. The smallest absolute Gasteiger partial charge is 0.261 e. The number of hydrogen-bond acceptors (Lipinski definition) is 10. The van der Waals surface area contributed by atoms with Crippen molar-refractivity contribution in [1.82, 2.24) is 40.3 Å². The Morgan fingerprint density at radius 2 is 1.74 bits per heavy atom. The number of nitrogens with zero attached hydrogens (tertiary/aromatic N) is 7. The van der Waals surface area contributed by atoms with Gasteiger partial charge in [0.05, 0.1) is 26.6 Å². The van der Waals surface area contributed by atoms with Gasteiger partial charge in [-0.05, 0) is 61.9 Å². The van der Waals surface area contributed by atoms with Crippen LogP contribution >= 0.6 is 22.7 Å². The van der Waals surface area contributed by atoms with Crippen molar-refractivity contribution < 1.29 is 9.59 Å². The predicted molar refractivity (Wildman–Crippen MR) is 186 cm³/mol. The van der Waals surface area contributed by atoms with Crippen LogP contribution in [0.5, 0.6) is 0 Å². The van der Waals surface area contributed by atoms with Crippen LogP contribution in [0.4, 0.5) is 5.69 Å². The number of thiazole rings is 1. The van der Waals surface area contributed by atoms with Crippen molar-refractivity contribution in [2.24, 2.45) is 0 Å². The van der Waals surface area contributed by atoms with E-state index in [0.29, 0.717) is 36.9 Å². The Kier molecular flexibility index (Phi) is 7.87. The third-order valence-electron chi connectivity index (χ3n) is 8.90. The second-order valence-electron chi connectivity index (χ2n) is 12.0. The first kappa shape index (κ1) is 29.7. The standard InChI is InChI=1S/C34H33N9O2S2/c1-21-37-27-8-5-23(17-28(27)46-21)31-26-18-29(47-34(26)40-39-31)33(45)38-24-9-12-41(19-24)20-30(44)43-15-13-42(14-16-43)25-6-3-22(4-7-25)32-35-10-2-11-36-32/h2-8,10-11,17-18,24H,9,12-16,19-20H2,1H3,(H,38,45)(H,39,40)/t24-/m1/s1. The summed E-state index contributed by atoms with van der Waals surface area (Å²) in [5.41, 5.74) is 4.95. The fourth-order valence-corrected chi connectivity index (χ4v) is 8.23. The molecule has 6 heterocycles. The quantitative estimate of drug-likeness (QED) is 0.249. The van der Waals surface area contributed by atoms with Crippen LogP contribution in [0.1, 0.15) is 21.1 Å². The molecule has 2 N–H and O–H groups in total. The van der Waals surface area contributed by atoms with Crippen LogP contribution in [-0.4, -0.2) is 98.6 Å². The van der Waals surface area contributed by atoms with E-state index in [2.05, 4.69) is 58.5 Å². The molecule has 2 fully saturated rings. The molecule has 47 heavy (non-hydrogen) atoms. The van der Waals surface area contributed by atoms with Crippen molar-refractivity contribution in [3.63, 3.8) is 0 Å². The molecule has 1 atom stereocenters. The maximum absolute atomic E-state index is 13.3. The average Bonchev–Trinajstić information content (AvgIpc) is 3.89. The molecule has 2 aromatic carbocycles. The lowest BCUT2D eigenvalue weighted by Crippen LogP contribution is -2.51. The minimum absolute atomic E-state index is 0.00594. The van der Waals surface area contributed by atoms with Crippen LogP contribution in [0.2, 0.25) is 0 Å². The number of H-pyrrole nitrogens is 1. The van der Waals surface area contributed by atoms with E-state index in [4.69, 9.17) is 0 Å². The molecular weight excluding hydrogens is 631 g/mol. The van der Waals surface area contributed by atoms with E-state index < -0.39 is 0 Å². The number of fused-ring (bicyclic) bond motifs is 2. The predicted octanol–water partition coefficient (Wildman–Crippen LogP) is 4.82. The Morgan fingerprint density at radius 1 is 0.957 bits per heavy atom. The first-order valence-corrected chi connectivity index (χ1v) is 17.4. The molecule has 0 bridgehead atoms. The highest BCUT2D eigenvalue weighted by Gasteiger charge is 2.29. The zero-order valence-corrected chi connectivity index (χ0v) is 27.5. The van der Waals surface area contributed by atoms with Crippen LogP contribution in [0.25, 0.3) is 43.1 Å². The molecule has 4 aromatic heterocycles. The van der Waals surface area contributed by atoms with Gasteiger partial charge in [-0.1, -0.05) is 6.07 Å². The lowest BCUT2D eigenvalue weighted by Gasteiger charge is -2.36. The largest absolute Gasteiger partial charge is 0.368 e. The minimum atomic E-state index is -0.0855. The van der Waals surface area contributed by atoms with Crippen molar-refractivity contribution in [3.05, 3.63) is 76.9 Å². The number of carbonyl (C=O) groups is 2. The molecule has 0 radical (unpaired) electrons. The van der Waals surface area contributed by atoms with Crippen molar-refractivity contribution in [2.75, 3.05) is 50.7 Å². The second-order valence-corrected chi connectivity index (χ2v) is 14.3. The Balaban J connectivity index is 0.828. The molecule has 8 rings (SSSR count). The SMILES string of the molecule is Cc1nc2ccc(-c3n[nH]c4sc(C(=O)N[C@@H]5CCN(CC(=O)N6CCN(c7ccc(-c8ncccn8)cc7)CC6)C5)cc34)cc2s1. The summed E-state index contributed by atoms with van der Waals surface area (Å²) in [5, 5.41) is 12.8. The molecule has 2 aliphatic rings. The van der Waals surface area contributed by atoms with Crippen molar-refractivity contribution in [2.45, 2.75) is 19.4 Å². The Hall–Kier alpha value is -4.72. The number of likely N-dealkylation sites (tertiary alicyclic amines) is 1. The van der Waals surface area contributed by atoms with Crippen LogP contribution in [0, 0.1) is 6.92 Å². The molecule has 6 aromatic rings. The van der Waals surface area contributed by atoms with E-state index in [1.54, 1.807) is 23.7 Å². The maximum atomic E-state index is 13.3. The number of thiophene rings is 1. The number of carbonyl (C=O) groups excluding carboxylic acids is 2. The first-order valence-electron chi connectivity index (χ1n) is 15.8. The maximum Gasteiger partial charge on any atom is 0.261 e. The third kappa shape index (κ3) is 6.09. The number of amides is 2. The summed E-state index contributed by atoms with van der Waals surface area (Å²) in [7, 11) is 0. The van der Waals surface area contributed by atoms with Crippen LogP contribution in [0.3, 0.4) is 0 Å². The molecule has 0 saturated carbocycles. The number of benzene rings is 2. The highest BCUT2D eigenvalue weighted by atomic mass is 32.1. The molecule has 2 amide bonds. The number of aryl methyl sites for hydroxylation is 1. The molecular formula is C34H33N9O2S2. The van der Waals surface area contributed by atoms with Crippen LogP contribution in [-0.2, 0) is 4.79 Å². The van der Waals surface area contributed by atoms with Gasteiger partial charge in [-0.2, -0.15) is 5.10 Å². The molecule has 0 spiro atoms.